The summed E-state index contributed by atoms with van der Waals surface area (Å²) in [6.07, 6.45) is 2.90. The third-order valence-corrected chi connectivity index (χ3v) is 5.74. The number of benzene rings is 1. The van der Waals surface area contributed by atoms with E-state index < -0.39 is 16.3 Å². The first kappa shape index (κ1) is 20.1. The quantitative estimate of drug-likeness (QED) is 0.616. The van der Waals surface area contributed by atoms with Crippen molar-refractivity contribution < 1.29 is 4.92 Å². The van der Waals surface area contributed by atoms with Crippen molar-refractivity contribution in [2.45, 2.75) is 19.3 Å². The van der Waals surface area contributed by atoms with Crippen LogP contribution in [0, 0.1) is 55.4 Å². The number of nitrogens with zero attached hydrogens (tertiary/aromatic N) is 5. The molecule has 0 unspecified atom stereocenters. The Labute approximate surface area is 168 Å². The van der Waals surface area contributed by atoms with E-state index in [4.69, 9.17) is 5.73 Å². The molecule has 146 valence electrons. The van der Waals surface area contributed by atoms with E-state index >= 15 is 0 Å². The van der Waals surface area contributed by atoms with Crippen molar-refractivity contribution in [1.82, 2.24) is 4.90 Å². The molecule has 1 aliphatic heterocycles. The highest BCUT2D eigenvalue weighted by Crippen LogP contribution is 2.54. The largest absolute Gasteiger partial charge is 0.399 e. The molecule has 0 radical (unpaired) electrons. The molecule has 8 nitrogen and oxygen atoms in total. The lowest BCUT2D eigenvalue weighted by molar-refractivity contribution is -0.384. The molecular weight excluding hydrogens is 368 g/mol. The van der Waals surface area contributed by atoms with Crippen LogP contribution < -0.4 is 5.73 Å². The first-order chi connectivity index (χ1) is 13.9. The summed E-state index contributed by atoms with van der Waals surface area (Å²) in [5.74, 6) is -0.931. The summed E-state index contributed by atoms with van der Waals surface area (Å²) in [7, 11) is 0. The van der Waals surface area contributed by atoms with Crippen LogP contribution in [0.4, 0.5) is 5.69 Å². The second-order valence-electron chi connectivity index (χ2n) is 7.28. The standard InChI is InChI=1S/C21H20N6O2/c1-2-8-26-9-7-16-17(10-22)20(25)21(12-23,13-24)19(18(16)11-26)14-3-5-15(6-4-14)27(28)29/h3-7,18-19H,2,8-9,11,25H2,1H3/t18-,19-/m1/s1. The Balaban J connectivity index is 2.23. The number of nitro benzene ring substituents is 1. The summed E-state index contributed by atoms with van der Waals surface area (Å²) >= 11 is 0. The molecule has 1 heterocycles. The maximum absolute atomic E-state index is 11.0. The molecule has 8 heteroatoms. The van der Waals surface area contributed by atoms with Gasteiger partial charge in [-0.25, -0.2) is 0 Å². The van der Waals surface area contributed by atoms with Crippen LogP contribution in [0.5, 0.6) is 0 Å². The van der Waals surface area contributed by atoms with E-state index in [1.165, 1.54) is 12.1 Å². The average Bonchev–Trinajstić information content (AvgIpc) is 2.73. The number of non-ortho nitro benzene ring substituents is 1. The number of nitrogens with two attached hydrogens (primary N) is 1. The highest BCUT2D eigenvalue weighted by Gasteiger charge is 2.54. The van der Waals surface area contributed by atoms with Crippen LogP contribution in [0.3, 0.4) is 0 Å². The number of allylic oxidation sites excluding steroid dienone is 2. The lowest BCUT2D eigenvalue weighted by atomic mass is 9.58. The van der Waals surface area contributed by atoms with E-state index in [-0.39, 0.29) is 22.9 Å². The van der Waals surface area contributed by atoms with Crippen LogP contribution in [0.15, 0.2) is 47.2 Å². The zero-order chi connectivity index (χ0) is 21.2. The zero-order valence-electron chi connectivity index (χ0n) is 16.0. The molecule has 2 aliphatic rings. The number of fused-ring (bicyclic) bond motifs is 1. The van der Waals surface area contributed by atoms with Gasteiger partial charge in [-0.2, -0.15) is 15.8 Å². The van der Waals surface area contributed by atoms with Gasteiger partial charge in [-0.05, 0) is 24.1 Å². The van der Waals surface area contributed by atoms with Gasteiger partial charge in [0.2, 0.25) is 0 Å². The van der Waals surface area contributed by atoms with Gasteiger partial charge in [0.1, 0.15) is 6.07 Å². The van der Waals surface area contributed by atoms with E-state index in [9.17, 15) is 25.9 Å². The van der Waals surface area contributed by atoms with E-state index in [1.807, 2.05) is 6.08 Å². The van der Waals surface area contributed by atoms with Gasteiger partial charge >= 0.3 is 0 Å². The Hall–Kier alpha value is -3.67. The fourth-order valence-electron chi connectivity index (χ4n) is 4.42. The Morgan fingerprint density at radius 3 is 2.45 bits per heavy atom. The molecule has 1 aromatic rings. The van der Waals surface area contributed by atoms with Crippen molar-refractivity contribution in [3.63, 3.8) is 0 Å². The van der Waals surface area contributed by atoms with Crippen LogP contribution in [-0.4, -0.2) is 29.5 Å². The van der Waals surface area contributed by atoms with E-state index in [2.05, 4.69) is 30.0 Å². The number of nitro groups is 1. The van der Waals surface area contributed by atoms with Crippen LogP contribution in [0.2, 0.25) is 0 Å². The van der Waals surface area contributed by atoms with E-state index in [0.717, 1.165) is 18.5 Å². The number of nitriles is 3. The van der Waals surface area contributed by atoms with Crippen LogP contribution in [0.1, 0.15) is 24.8 Å². The van der Waals surface area contributed by atoms with Crippen LogP contribution in [-0.2, 0) is 0 Å². The van der Waals surface area contributed by atoms with Crippen molar-refractivity contribution in [3.05, 3.63) is 62.9 Å². The monoisotopic (exact) mass is 388 g/mol. The summed E-state index contributed by atoms with van der Waals surface area (Å²) < 4.78 is 0. The topological polar surface area (TPSA) is 144 Å². The van der Waals surface area contributed by atoms with Gasteiger partial charge in [-0.15, -0.1) is 0 Å². The van der Waals surface area contributed by atoms with Crippen molar-refractivity contribution >= 4 is 5.69 Å². The Bertz CT molecular complexity index is 1010. The Morgan fingerprint density at radius 2 is 1.93 bits per heavy atom. The molecule has 0 saturated heterocycles. The summed E-state index contributed by atoms with van der Waals surface area (Å²) in [4.78, 5) is 12.7. The molecule has 3 rings (SSSR count). The summed E-state index contributed by atoms with van der Waals surface area (Å²) in [5, 5.41) is 40.8. The van der Waals surface area contributed by atoms with Gasteiger partial charge in [-0.1, -0.05) is 25.1 Å². The first-order valence-electron chi connectivity index (χ1n) is 9.33. The van der Waals surface area contributed by atoms with Gasteiger partial charge in [-0.3, -0.25) is 15.0 Å². The fraction of sp³-hybridized carbons (Fsp3) is 0.381. The fourth-order valence-corrected chi connectivity index (χ4v) is 4.42. The highest BCUT2D eigenvalue weighted by atomic mass is 16.6. The van der Waals surface area contributed by atoms with Gasteiger partial charge in [0.15, 0.2) is 5.41 Å². The molecule has 0 aromatic heterocycles. The van der Waals surface area contributed by atoms with Crippen molar-refractivity contribution in [2.24, 2.45) is 17.1 Å². The molecule has 0 bridgehead atoms. The second-order valence-corrected chi connectivity index (χ2v) is 7.28. The minimum atomic E-state index is -1.72. The van der Waals surface area contributed by atoms with Crippen LogP contribution >= 0.6 is 0 Å². The predicted octanol–water partition coefficient (Wildman–Crippen LogP) is 2.73. The number of hydrogen-bond acceptors (Lipinski definition) is 7. The van der Waals surface area contributed by atoms with Gasteiger partial charge in [0.25, 0.3) is 5.69 Å². The second kappa shape index (κ2) is 7.75. The third kappa shape index (κ3) is 3.12. The maximum Gasteiger partial charge on any atom is 0.269 e. The molecule has 0 spiro atoms. The normalized spacial score (nSPS) is 23.2. The third-order valence-electron chi connectivity index (χ3n) is 5.74. The summed E-state index contributed by atoms with van der Waals surface area (Å²) in [6.45, 7) is 4.16. The van der Waals surface area contributed by atoms with E-state index in [1.54, 1.807) is 12.1 Å². The maximum atomic E-state index is 11.0. The summed E-state index contributed by atoms with van der Waals surface area (Å²) in [6, 6.07) is 12.1. The molecule has 0 fully saturated rings. The number of rotatable bonds is 4. The molecule has 2 atom stereocenters. The molecular formula is C21H20N6O2. The van der Waals surface area contributed by atoms with Gasteiger partial charge < -0.3 is 5.73 Å². The van der Waals surface area contributed by atoms with Crippen molar-refractivity contribution in [1.29, 1.82) is 15.8 Å². The molecule has 0 amide bonds. The average molecular weight is 388 g/mol. The molecule has 29 heavy (non-hydrogen) atoms. The van der Waals surface area contributed by atoms with Gasteiger partial charge in [0, 0.05) is 37.1 Å². The summed E-state index contributed by atoms with van der Waals surface area (Å²) in [5.41, 5.74) is 5.98. The lowest BCUT2D eigenvalue weighted by Gasteiger charge is -2.45. The molecule has 2 N–H and O–H groups in total. The SMILES string of the molecule is CCCN1CC=C2C(C#N)=C(N)C(C#N)(C#N)[C@H](c3ccc([N+](=O)[O-])cc3)[C@@H]2C1. The lowest BCUT2D eigenvalue weighted by Crippen LogP contribution is -2.48. The Morgan fingerprint density at radius 1 is 1.28 bits per heavy atom. The smallest absolute Gasteiger partial charge is 0.269 e. The minimum absolute atomic E-state index is 0.0419. The first-order valence-corrected chi connectivity index (χ1v) is 9.33. The Kier molecular flexibility index (Phi) is 5.37. The molecule has 0 saturated carbocycles. The van der Waals surface area contributed by atoms with Gasteiger partial charge in [0.05, 0.1) is 28.3 Å². The zero-order valence-corrected chi connectivity index (χ0v) is 16.0. The van der Waals surface area contributed by atoms with E-state index in [0.29, 0.717) is 18.7 Å². The predicted molar refractivity (Wildman–Crippen MR) is 105 cm³/mol. The molecule has 1 aliphatic carbocycles. The van der Waals surface area contributed by atoms with Crippen molar-refractivity contribution in [2.75, 3.05) is 19.6 Å². The van der Waals surface area contributed by atoms with Crippen LogP contribution in [0.25, 0.3) is 0 Å². The highest BCUT2D eigenvalue weighted by molar-refractivity contribution is 5.59. The molecule has 1 aromatic carbocycles. The number of hydrogen-bond donors (Lipinski definition) is 1. The van der Waals surface area contributed by atoms with Crippen molar-refractivity contribution in [3.8, 4) is 18.2 Å². The minimum Gasteiger partial charge on any atom is -0.399 e.